The summed E-state index contributed by atoms with van der Waals surface area (Å²) in [6.45, 7) is 5.58. The fourth-order valence-electron chi connectivity index (χ4n) is 4.75. The summed E-state index contributed by atoms with van der Waals surface area (Å²) in [5.74, 6) is 1.55. The van der Waals surface area contributed by atoms with Crippen LogP contribution in [-0.4, -0.2) is 50.7 Å². The quantitative estimate of drug-likeness (QED) is 0.372. The van der Waals surface area contributed by atoms with Crippen molar-refractivity contribution < 1.29 is 9.53 Å². The van der Waals surface area contributed by atoms with Crippen LogP contribution in [0.25, 0.3) is 21.1 Å². The zero-order chi connectivity index (χ0) is 24.4. The number of nitrogens with one attached hydrogen (secondary N) is 2. The molecule has 0 fully saturated rings. The highest BCUT2D eigenvalue weighted by molar-refractivity contribution is 7.19. The summed E-state index contributed by atoms with van der Waals surface area (Å²) in [5, 5.41) is 21.5. The summed E-state index contributed by atoms with van der Waals surface area (Å²) in [6.07, 6.45) is 5.99. The minimum atomic E-state index is -0.0633. The van der Waals surface area contributed by atoms with Crippen LogP contribution in [-0.2, 0) is 17.6 Å². The second kappa shape index (κ2) is 9.88. The maximum Gasteiger partial charge on any atom is 0.226 e. The maximum absolute atomic E-state index is 13.1. The maximum atomic E-state index is 13.1. The molecular formula is C25H27N7O2S. The van der Waals surface area contributed by atoms with E-state index in [1.54, 1.807) is 28.8 Å². The Bertz CT molecular complexity index is 1420. The van der Waals surface area contributed by atoms with Gasteiger partial charge >= 0.3 is 0 Å². The van der Waals surface area contributed by atoms with Gasteiger partial charge in [-0.3, -0.25) is 9.89 Å². The number of hydrogen-bond acceptors (Lipinski definition) is 8. The monoisotopic (exact) mass is 489 g/mol. The summed E-state index contributed by atoms with van der Waals surface area (Å²) in [7, 11) is 0. The van der Waals surface area contributed by atoms with Crippen LogP contribution < -0.4 is 10.1 Å². The van der Waals surface area contributed by atoms with Crippen molar-refractivity contribution >= 4 is 49.9 Å². The molecule has 1 unspecified atom stereocenters. The summed E-state index contributed by atoms with van der Waals surface area (Å²) in [4.78, 5) is 26.1. The van der Waals surface area contributed by atoms with Gasteiger partial charge in [0.2, 0.25) is 5.91 Å². The first-order valence-electron chi connectivity index (χ1n) is 11.9. The summed E-state index contributed by atoms with van der Waals surface area (Å²) >= 11 is 1.64. The van der Waals surface area contributed by atoms with Gasteiger partial charge in [-0.25, -0.2) is 9.97 Å². The first-order chi connectivity index (χ1) is 17.1. The Balaban J connectivity index is 1.46. The molecule has 0 radical (unpaired) electrons. The molecule has 5 rings (SSSR count). The molecule has 1 aromatic carbocycles. The van der Waals surface area contributed by atoms with Crippen LogP contribution in [0.15, 0.2) is 24.7 Å². The average Bonchev–Trinajstić information content (AvgIpc) is 3.48. The third-order valence-electron chi connectivity index (χ3n) is 6.47. The molecule has 0 bridgehead atoms. The van der Waals surface area contributed by atoms with Gasteiger partial charge in [0.05, 0.1) is 41.9 Å². The van der Waals surface area contributed by atoms with E-state index in [0.717, 1.165) is 51.2 Å². The molecule has 4 aromatic rings. The van der Waals surface area contributed by atoms with Gasteiger partial charge in [0, 0.05) is 35.3 Å². The lowest BCUT2D eigenvalue weighted by Gasteiger charge is -2.28. The number of carbonyl (C=O) groups excluding carboxylic acids is 1. The molecule has 180 valence electrons. The average molecular weight is 490 g/mol. The third kappa shape index (κ3) is 4.39. The SMILES string of the molecule is CCOc1cc2[nH]ncc2cc1Nc1ncnc2sc3c(c12)CCC(C(=O)N(CC)CCC#N)C3. The minimum absolute atomic E-state index is 0.0633. The molecule has 3 heterocycles. The van der Waals surface area contributed by atoms with E-state index in [4.69, 9.17) is 10.00 Å². The van der Waals surface area contributed by atoms with E-state index in [2.05, 4.69) is 31.6 Å². The Hall–Kier alpha value is -3.71. The van der Waals surface area contributed by atoms with Crippen molar-refractivity contribution in [3.63, 3.8) is 0 Å². The number of thiophene rings is 1. The smallest absolute Gasteiger partial charge is 0.226 e. The minimum Gasteiger partial charge on any atom is -0.492 e. The molecule has 1 atom stereocenters. The number of aryl methyl sites for hydroxylation is 1. The first kappa shape index (κ1) is 23.1. The van der Waals surface area contributed by atoms with Crippen molar-refractivity contribution in [3.8, 4) is 11.8 Å². The lowest BCUT2D eigenvalue weighted by molar-refractivity contribution is -0.135. The van der Waals surface area contributed by atoms with Crippen molar-refractivity contribution in [2.75, 3.05) is 25.0 Å². The van der Waals surface area contributed by atoms with E-state index in [1.165, 1.54) is 10.4 Å². The number of rotatable bonds is 8. The third-order valence-corrected chi connectivity index (χ3v) is 7.64. The van der Waals surface area contributed by atoms with Crippen molar-refractivity contribution in [3.05, 3.63) is 35.1 Å². The van der Waals surface area contributed by atoms with Crippen LogP contribution in [0.4, 0.5) is 11.5 Å². The molecule has 10 heteroatoms. The van der Waals surface area contributed by atoms with E-state index < -0.39 is 0 Å². The number of anilines is 2. The number of fused-ring (bicyclic) bond motifs is 4. The van der Waals surface area contributed by atoms with Crippen molar-refractivity contribution in [2.45, 2.75) is 39.5 Å². The number of H-pyrrole nitrogens is 1. The number of aromatic amines is 1. The lowest BCUT2D eigenvalue weighted by Crippen LogP contribution is -2.38. The molecule has 3 aromatic heterocycles. The standard InChI is InChI=1S/C25H27N7O2S/c1-3-32(9-5-8-26)25(33)15-6-7-17-21(11-15)35-24-22(17)23(27-14-28-24)30-19-10-16-13-29-31-18(16)12-20(19)34-4-2/h10,12-15H,3-7,9,11H2,1-2H3,(H,29,31)(H,27,28,30). The van der Waals surface area contributed by atoms with Gasteiger partial charge in [-0.1, -0.05) is 0 Å². The van der Waals surface area contributed by atoms with E-state index in [0.29, 0.717) is 32.5 Å². The number of nitrogens with zero attached hydrogens (tertiary/aromatic N) is 5. The summed E-state index contributed by atoms with van der Waals surface area (Å²) in [5.41, 5.74) is 2.95. The van der Waals surface area contributed by atoms with Crippen molar-refractivity contribution in [2.24, 2.45) is 5.92 Å². The Morgan fingerprint density at radius 2 is 2.26 bits per heavy atom. The van der Waals surface area contributed by atoms with Gasteiger partial charge in [0.1, 0.15) is 22.7 Å². The summed E-state index contributed by atoms with van der Waals surface area (Å²) in [6, 6.07) is 6.09. The molecular weight excluding hydrogens is 462 g/mol. The number of carbonyl (C=O) groups is 1. The highest BCUT2D eigenvalue weighted by Gasteiger charge is 2.31. The van der Waals surface area contributed by atoms with Gasteiger partial charge in [-0.15, -0.1) is 11.3 Å². The Morgan fingerprint density at radius 3 is 3.06 bits per heavy atom. The predicted octanol–water partition coefficient (Wildman–Crippen LogP) is 4.58. The number of hydrogen-bond donors (Lipinski definition) is 2. The molecule has 0 aliphatic heterocycles. The highest BCUT2D eigenvalue weighted by Crippen LogP contribution is 2.42. The second-order valence-electron chi connectivity index (χ2n) is 8.54. The molecule has 1 amide bonds. The molecule has 1 aliphatic carbocycles. The Labute approximate surface area is 207 Å². The number of aromatic nitrogens is 4. The van der Waals surface area contributed by atoms with Gasteiger partial charge in [-0.2, -0.15) is 10.4 Å². The highest BCUT2D eigenvalue weighted by atomic mass is 32.1. The first-order valence-corrected chi connectivity index (χ1v) is 12.7. The molecule has 0 saturated carbocycles. The molecule has 9 nitrogen and oxygen atoms in total. The number of ether oxygens (including phenoxy) is 1. The molecule has 0 spiro atoms. The molecule has 2 N–H and O–H groups in total. The van der Waals surface area contributed by atoms with Crippen LogP contribution in [0, 0.1) is 17.2 Å². The number of amides is 1. The molecule has 35 heavy (non-hydrogen) atoms. The van der Waals surface area contributed by atoms with Crippen LogP contribution in [0.2, 0.25) is 0 Å². The fraction of sp³-hybridized carbons (Fsp3) is 0.400. The van der Waals surface area contributed by atoms with Crippen molar-refractivity contribution in [1.82, 2.24) is 25.1 Å². The summed E-state index contributed by atoms with van der Waals surface area (Å²) < 4.78 is 5.88. The number of benzene rings is 1. The number of nitriles is 1. The molecule has 0 saturated heterocycles. The Kier molecular flexibility index (Phi) is 6.51. The normalized spacial score (nSPS) is 15.1. The van der Waals surface area contributed by atoms with Crippen LogP contribution in [0.5, 0.6) is 5.75 Å². The van der Waals surface area contributed by atoms with Gasteiger partial charge in [-0.05, 0) is 44.7 Å². The van der Waals surface area contributed by atoms with Crippen LogP contribution >= 0.6 is 11.3 Å². The fourth-order valence-corrected chi connectivity index (χ4v) is 6.02. The van der Waals surface area contributed by atoms with E-state index in [-0.39, 0.29) is 11.8 Å². The Morgan fingerprint density at radius 1 is 1.37 bits per heavy atom. The van der Waals surface area contributed by atoms with Gasteiger partial charge in [0.25, 0.3) is 0 Å². The largest absolute Gasteiger partial charge is 0.492 e. The van der Waals surface area contributed by atoms with Crippen LogP contribution in [0.1, 0.15) is 37.1 Å². The van der Waals surface area contributed by atoms with E-state index >= 15 is 0 Å². The van der Waals surface area contributed by atoms with E-state index in [9.17, 15) is 4.79 Å². The predicted molar refractivity (Wildman–Crippen MR) is 136 cm³/mol. The molecule has 1 aliphatic rings. The second-order valence-corrected chi connectivity index (χ2v) is 9.62. The van der Waals surface area contributed by atoms with Gasteiger partial charge in [0.15, 0.2) is 0 Å². The zero-order valence-corrected chi connectivity index (χ0v) is 20.6. The zero-order valence-electron chi connectivity index (χ0n) is 19.8. The lowest BCUT2D eigenvalue weighted by atomic mass is 9.86. The van der Waals surface area contributed by atoms with Crippen molar-refractivity contribution in [1.29, 1.82) is 5.26 Å². The topological polar surface area (TPSA) is 120 Å². The van der Waals surface area contributed by atoms with Gasteiger partial charge < -0.3 is 15.0 Å². The van der Waals surface area contributed by atoms with E-state index in [1.807, 2.05) is 26.0 Å². The van der Waals surface area contributed by atoms with Crippen LogP contribution in [0.3, 0.4) is 0 Å².